The lowest BCUT2D eigenvalue weighted by molar-refractivity contribution is -0.242. The van der Waals surface area contributed by atoms with E-state index in [-0.39, 0.29) is 22.5 Å². The molecule has 184 valence electrons. The molecule has 0 bridgehead atoms. The van der Waals surface area contributed by atoms with Gasteiger partial charge in [-0.15, -0.1) is 0 Å². The van der Waals surface area contributed by atoms with Gasteiger partial charge in [-0.1, -0.05) is 46.8 Å². The number of aliphatic hydroxyl groups excluding tert-OH is 1. The molecule has 5 saturated carbocycles. The Hall–Kier alpha value is -0.920. The first kappa shape index (κ1) is 23.8. The first-order valence-electron chi connectivity index (χ1n) is 13.8. The Balaban J connectivity index is 1.56. The van der Waals surface area contributed by atoms with Crippen LogP contribution in [-0.2, 0) is 4.79 Å². The minimum Gasteiger partial charge on any atom is -0.393 e. The van der Waals surface area contributed by atoms with Crippen LogP contribution in [0.2, 0.25) is 0 Å². The third-order valence-corrected chi connectivity index (χ3v) is 13.3. The topological polar surface area (TPSA) is 49.7 Å². The zero-order valence-corrected chi connectivity index (χ0v) is 22.0. The highest BCUT2D eigenvalue weighted by Crippen LogP contribution is 2.76. The van der Waals surface area contributed by atoms with Crippen molar-refractivity contribution < 1.29 is 9.90 Å². The Kier molecular flexibility index (Phi) is 5.26. The van der Waals surface area contributed by atoms with Gasteiger partial charge in [0, 0.05) is 0 Å². The van der Waals surface area contributed by atoms with Crippen LogP contribution in [0.1, 0.15) is 106 Å². The number of allylic oxidation sites excluding steroid dienone is 1. The van der Waals surface area contributed by atoms with Crippen molar-refractivity contribution in [1.82, 2.24) is 0 Å². The van der Waals surface area contributed by atoms with E-state index in [2.05, 4.69) is 53.1 Å². The number of hydrogen-bond donors (Lipinski definition) is 1. The molecule has 0 unspecified atom stereocenters. The van der Waals surface area contributed by atoms with Crippen LogP contribution in [0.4, 0.5) is 0 Å². The van der Waals surface area contributed by atoms with Gasteiger partial charge in [0.25, 0.3) is 0 Å². The summed E-state index contributed by atoms with van der Waals surface area (Å²) in [6, 6.07) is 0. The summed E-state index contributed by atoms with van der Waals surface area (Å²) in [6.07, 6.45) is 13.4. The van der Waals surface area contributed by atoms with Crippen molar-refractivity contribution in [3.05, 3.63) is 12.2 Å². The van der Waals surface area contributed by atoms with Crippen molar-refractivity contribution in [3.63, 3.8) is 0 Å². The molecule has 0 heterocycles. The van der Waals surface area contributed by atoms with Gasteiger partial charge in [0.15, 0.2) is 0 Å². The van der Waals surface area contributed by atoms with Gasteiger partial charge in [-0.2, -0.15) is 4.99 Å². The third kappa shape index (κ3) is 2.85. The standard InChI is InChI=1S/C30H47NO2/c1-19(2)20-10-15-30(31-18-32)17-16-28(6)21(25(20)30)8-9-23-27(5)13-12-24(33)26(3,4)22(27)11-14-29(23,28)7/h20-25,33H,1,8-17H2,2-7H3/t20-,21+,22-,23+,24-,25+,27-,28+,29+,30-/m0/s1. The molecular formula is C30H47NO2. The number of isocyanates is 1. The predicted octanol–water partition coefficient (Wildman–Crippen LogP) is 7.09. The highest BCUT2D eigenvalue weighted by molar-refractivity contribution is 5.37. The average Bonchev–Trinajstić information content (AvgIpc) is 3.12. The van der Waals surface area contributed by atoms with Crippen LogP contribution < -0.4 is 0 Å². The Bertz CT molecular complexity index is 888. The van der Waals surface area contributed by atoms with Gasteiger partial charge >= 0.3 is 0 Å². The van der Waals surface area contributed by atoms with Crippen LogP contribution in [0.15, 0.2) is 17.1 Å². The summed E-state index contributed by atoms with van der Waals surface area (Å²) in [6.45, 7) is 19.1. The normalized spacial score (nSPS) is 54.8. The van der Waals surface area contributed by atoms with Crippen LogP contribution in [0, 0.1) is 51.2 Å². The fraction of sp³-hybridized carbons (Fsp3) is 0.900. The zero-order valence-electron chi connectivity index (χ0n) is 22.0. The molecule has 0 amide bonds. The van der Waals surface area contributed by atoms with Crippen molar-refractivity contribution in [2.75, 3.05) is 0 Å². The van der Waals surface area contributed by atoms with Crippen LogP contribution in [0.5, 0.6) is 0 Å². The van der Waals surface area contributed by atoms with E-state index in [9.17, 15) is 9.90 Å². The van der Waals surface area contributed by atoms with Crippen molar-refractivity contribution in [2.24, 2.45) is 56.2 Å². The van der Waals surface area contributed by atoms with E-state index in [1.165, 1.54) is 44.1 Å². The number of fused-ring (bicyclic) bond motifs is 7. The molecule has 3 heteroatoms. The Morgan fingerprint density at radius 3 is 2.27 bits per heavy atom. The van der Waals surface area contributed by atoms with Crippen LogP contribution in [-0.4, -0.2) is 22.8 Å². The highest BCUT2D eigenvalue weighted by atomic mass is 16.3. The average molecular weight is 454 g/mol. The molecule has 5 aliphatic rings. The summed E-state index contributed by atoms with van der Waals surface area (Å²) in [5.74, 6) is 2.86. The maximum atomic E-state index is 11.6. The molecule has 5 fully saturated rings. The molecule has 5 rings (SSSR count). The van der Waals surface area contributed by atoms with Gasteiger partial charge in [-0.3, -0.25) is 0 Å². The number of rotatable bonds is 2. The fourth-order valence-electron chi connectivity index (χ4n) is 11.4. The molecule has 0 aromatic rings. The minimum absolute atomic E-state index is 0.00295. The molecule has 3 nitrogen and oxygen atoms in total. The Morgan fingerprint density at radius 1 is 0.879 bits per heavy atom. The molecule has 0 radical (unpaired) electrons. The van der Waals surface area contributed by atoms with Gasteiger partial charge < -0.3 is 5.11 Å². The summed E-state index contributed by atoms with van der Waals surface area (Å²) in [5.41, 5.74) is 1.98. The van der Waals surface area contributed by atoms with Crippen molar-refractivity contribution in [1.29, 1.82) is 0 Å². The number of nitrogens with zero attached hydrogens (tertiary/aromatic N) is 1. The van der Waals surface area contributed by atoms with Crippen LogP contribution in [0.25, 0.3) is 0 Å². The van der Waals surface area contributed by atoms with Crippen molar-refractivity contribution >= 4 is 6.08 Å². The first-order chi connectivity index (χ1) is 15.4. The van der Waals surface area contributed by atoms with E-state index in [4.69, 9.17) is 0 Å². The summed E-state index contributed by atoms with van der Waals surface area (Å²) in [7, 11) is 0. The van der Waals surface area contributed by atoms with Crippen molar-refractivity contribution in [2.45, 2.75) is 117 Å². The highest BCUT2D eigenvalue weighted by Gasteiger charge is 2.71. The van der Waals surface area contributed by atoms with Gasteiger partial charge in [0.05, 0.1) is 11.6 Å². The lowest BCUT2D eigenvalue weighted by Crippen LogP contribution is -2.67. The lowest BCUT2D eigenvalue weighted by Gasteiger charge is -2.72. The smallest absolute Gasteiger partial charge is 0.235 e. The van der Waals surface area contributed by atoms with Gasteiger partial charge in [-0.05, 0) is 122 Å². The van der Waals surface area contributed by atoms with Gasteiger partial charge in [-0.25, -0.2) is 4.79 Å². The van der Waals surface area contributed by atoms with Crippen LogP contribution in [0.3, 0.4) is 0 Å². The van der Waals surface area contributed by atoms with E-state index in [0.717, 1.165) is 25.7 Å². The molecular weight excluding hydrogens is 406 g/mol. The number of carbonyl (C=O) groups excluding carboxylic acids is 1. The number of aliphatic hydroxyl groups is 1. The second-order valence-corrected chi connectivity index (χ2v) is 14.4. The summed E-state index contributed by atoms with van der Waals surface area (Å²) in [5, 5.41) is 10.9. The van der Waals surface area contributed by atoms with E-state index in [1.54, 1.807) is 0 Å². The fourth-order valence-corrected chi connectivity index (χ4v) is 11.4. The SMILES string of the molecule is C=C(C)[C@@H]1CC[C@]2(N=C=O)CC[C@]3(C)[C@H](CC[C@@H]4[C@@]5(C)CC[C@H](O)C(C)(C)[C@@H]5CC[C@]43C)[C@@H]12. The Morgan fingerprint density at radius 2 is 1.61 bits per heavy atom. The first-order valence-corrected chi connectivity index (χ1v) is 13.8. The monoisotopic (exact) mass is 453 g/mol. The molecule has 0 aromatic carbocycles. The molecule has 0 aromatic heterocycles. The van der Waals surface area contributed by atoms with Crippen LogP contribution >= 0.6 is 0 Å². The molecule has 33 heavy (non-hydrogen) atoms. The van der Waals surface area contributed by atoms with Crippen molar-refractivity contribution in [3.8, 4) is 0 Å². The molecule has 0 aliphatic heterocycles. The predicted molar refractivity (Wildman–Crippen MR) is 133 cm³/mol. The zero-order chi connectivity index (χ0) is 24.0. The number of hydrogen-bond acceptors (Lipinski definition) is 3. The number of aliphatic imine (C=N–C) groups is 1. The second-order valence-electron chi connectivity index (χ2n) is 14.4. The largest absolute Gasteiger partial charge is 0.393 e. The van der Waals surface area contributed by atoms with E-state index < -0.39 is 0 Å². The third-order valence-electron chi connectivity index (χ3n) is 13.3. The van der Waals surface area contributed by atoms with E-state index >= 15 is 0 Å². The molecule has 10 atom stereocenters. The van der Waals surface area contributed by atoms with E-state index in [0.29, 0.717) is 40.4 Å². The molecule has 0 saturated heterocycles. The lowest BCUT2D eigenvalue weighted by atomic mass is 9.32. The Labute approximate surface area is 201 Å². The molecule has 0 spiro atoms. The summed E-state index contributed by atoms with van der Waals surface area (Å²) < 4.78 is 0. The maximum Gasteiger partial charge on any atom is 0.235 e. The quantitative estimate of drug-likeness (QED) is 0.275. The second kappa shape index (κ2) is 7.30. The molecule has 1 N–H and O–H groups in total. The summed E-state index contributed by atoms with van der Waals surface area (Å²) >= 11 is 0. The van der Waals surface area contributed by atoms with E-state index in [1.807, 2.05) is 6.08 Å². The molecule has 5 aliphatic carbocycles. The maximum absolute atomic E-state index is 11.6. The van der Waals surface area contributed by atoms with Gasteiger partial charge in [0.2, 0.25) is 6.08 Å². The minimum atomic E-state index is -0.198. The summed E-state index contributed by atoms with van der Waals surface area (Å²) in [4.78, 5) is 16.2. The van der Waals surface area contributed by atoms with Gasteiger partial charge in [0.1, 0.15) is 0 Å².